The maximum absolute atomic E-state index is 5.87. The van der Waals surface area contributed by atoms with Gasteiger partial charge in [0.25, 0.3) is 0 Å². The molecule has 0 aliphatic carbocycles. The second-order valence-electron chi connectivity index (χ2n) is 4.34. The van der Waals surface area contributed by atoms with E-state index in [0.717, 1.165) is 18.0 Å². The third-order valence-electron chi connectivity index (χ3n) is 2.96. The van der Waals surface area contributed by atoms with E-state index < -0.39 is 0 Å². The summed E-state index contributed by atoms with van der Waals surface area (Å²) in [5, 5.41) is 4.27. The van der Waals surface area contributed by atoms with Crippen LogP contribution in [0.3, 0.4) is 0 Å². The predicted molar refractivity (Wildman–Crippen MR) is 75.8 cm³/mol. The molecule has 0 saturated carbocycles. The number of aromatic nitrogens is 1. The fourth-order valence-electron chi connectivity index (χ4n) is 1.85. The number of halogens is 1. The highest BCUT2D eigenvalue weighted by molar-refractivity contribution is 6.30. The molecule has 0 fully saturated rings. The van der Waals surface area contributed by atoms with Gasteiger partial charge in [-0.05, 0) is 49.2 Å². The van der Waals surface area contributed by atoms with E-state index in [1.54, 1.807) is 6.20 Å². The molecule has 0 radical (unpaired) electrons. The van der Waals surface area contributed by atoms with E-state index in [-0.39, 0.29) is 0 Å². The maximum Gasteiger partial charge on any atom is 0.0406 e. The molecule has 3 heteroatoms. The number of benzene rings is 1. The van der Waals surface area contributed by atoms with Gasteiger partial charge in [0.15, 0.2) is 0 Å². The van der Waals surface area contributed by atoms with Crippen LogP contribution in [-0.2, 0) is 6.42 Å². The van der Waals surface area contributed by atoms with Crippen LogP contribution in [0.2, 0.25) is 5.02 Å². The minimum absolute atomic E-state index is 0.332. The van der Waals surface area contributed by atoms with Crippen LogP contribution in [0.25, 0.3) is 0 Å². The maximum atomic E-state index is 5.87. The summed E-state index contributed by atoms with van der Waals surface area (Å²) in [6.45, 7) is 3.10. The lowest BCUT2D eigenvalue weighted by atomic mass is 10.1. The first kappa shape index (κ1) is 13.1. The van der Waals surface area contributed by atoms with Crippen LogP contribution in [-0.4, -0.2) is 11.5 Å². The SMILES string of the molecule is C[C@@H](NCCc1cccnc1)c1ccc(Cl)cc1. The van der Waals surface area contributed by atoms with E-state index >= 15 is 0 Å². The zero-order chi connectivity index (χ0) is 12.8. The molecule has 2 aromatic rings. The van der Waals surface area contributed by atoms with Gasteiger partial charge >= 0.3 is 0 Å². The molecule has 1 atom stereocenters. The van der Waals surface area contributed by atoms with Gasteiger partial charge in [0, 0.05) is 23.5 Å². The summed E-state index contributed by atoms with van der Waals surface area (Å²) in [6, 6.07) is 12.4. The van der Waals surface area contributed by atoms with E-state index in [2.05, 4.69) is 35.4 Å². The van der Waals surface area contributed by atoms with Crippen molar-refractivity contribution in [1.82, 2.24) is 10.3 Å². The molecule has 2 rings (SSSR count). The average molecular weight is 261 g/mol. The van der Waals surface area contributed by atoms with Gasteiger partial charge in [-0.25, -0.2) is 0 Å². The highest BCUT2D eigenvalue weighted by Crippen LogP contribution is 2.15. The number of hydrogen-bond donors (Lipinski definition) is 1. The molecule has 2 nitrogen and oxygen atoms in total. The van der Waals surface area contributed by atoms with Crippen molar-refractivity contribution in [3.8, 4) is 0 Å². The first-order valence-corrected chi connectivity index (χ1v) is 6.51. The highest BCUT2D eigenvalue weighted by atomic mass is 35.5. The van der Waals surface area contributed by atoms with Gasteiger partial charge in [0.1, 0.15) is 0 Å². The second kappa shape index (κ2) is 6.53. The van der Waals surface area contributed by atoms with Crippen molar-refractivity contribution in [3.63, 3.8) is 0 Å². The molecule has 0 unspecified atom stereocenters. The van der Waals surface area contributed by atoms with Crippen LogP contribution in [0, 0.1) is 0 Å². The van der Waals surface area contributed by atoms with Crippen molar-refractivity contribution in [3.05, 3.63) is 64.9 Å². The zero-order valence-electron chi connectivity index (χ0n) is 10.4. The molecule has 1 N–H and O–H groups in total. The van der Waals surface area contributed by atoms with Crippen molar-refractivity contribution >= 4 is 11.6 Å². The van der Waals surface area contributed by atoms with E-state index in [9.17, 15) is 0 Å². The molecule has 1 aromatic heterocycles. The van der Waals surface area contributed by atoms with Gasteiger partial charge in [-0.15, -0.1) is 0 Å². The fourth-order valence-corrected chi connectivity index (χ4v) is 1.97. The molecular weight excluding hydrogens is 244 g/mol. The van der Waals surface area contributed by atoms with Crippen LogP contribution in [0.15, 0.2) is 48.8 Å². The molecular formula is C15H17ClN2. The summed E-state index contributed by atoms with van der Waals surface area (Å²) in [7, 11) is 0. The van der Waals surface area contributed by atoms with E-state index in [0.29, 0.717) is 6.04 Å². The molecule has 0 spiro atoms. The minimum Gasteiger partial charge on any atom is -0.310 e. The Morgan fingerprint density at radius 1 is 1.22 bits per heavy atom. The van der Waals surface area contributed by atoms with Crippen molar-refractivity contribution in [2.24, 2.45) is 0 Å². The first-order valence-electron chi connectivity index (χ1n) is 6.13. The van der Waals surface area contributed by atoms with Gasteiger partial charge in [0.2, 0.25) is 0 Å². The summed E-state index contributed by atoms with van der Waals surface area (Å²) >= 11 is 5.87. The number of pyridine rings is 1. The molecule has 94 valence electrons. The van der Waals surface area contributed by atoms with E-state index in [4.69, 9.17) is 11.6 Å². The standard InChI is InChI=1S/C15H17ClN2/c1-12(14-4-6-15(16)7-5-14)18-10-8-13-3-2-9-17-11-13/h2-7,9,11-12,18H,8,10H2,1H3/t12-/m1/s1. The van der Waals surface area contributed by atoms with Gasteiger partial charge in [-0.2, -0.15) is 0 Å². The third-order valence-corrected chi connectivity index (χ3v) is 3.21. The van der Waals surface area contributed by atoms with Crippen LogP contribution >= 0.6 is 11.6 Å². The van der Waals surface area contributed by atoms with Crippen molar-refractivity contribution in [2.75, 3.05) is 6.54 Å². The topological polar surface area (TPSA) is 24.9 Å². The summed E-state index contributed by atoms with van der Waals surface area (Å²) in [5.74, 6) is 0. The summed E-state index contributed by atoms with van der Waals surface area (Å²) in [6.07, 6.45) is 4.70. The van der Waals surface area contributed by atoms with Gasteiger partial charge < -0.3 is 5.32 Å². The van der Waals surface area contributed by atoms with Crippen molar-refractivity contribution in [1.29, 1.82) is 0 Å². The first-order chi connectivity index (χ1) is 8.75. The van der Waals surface area contributed by atoms with Gasteiger partial charge in [0.05, 0.1) is 0 Å². The van der Waals surface area contributed by atoms with Crippen LogP contribution < -0.4 is 5.32 Å². The molecule has 1 heterocycles. The lowest BCUT2D eigenvalue weighted by Gasteiger charge is -2.14. The summed E-state index contributed by atoms with van der Waals surface area (Å²) < 4.78 is 0. The Labute approximate surface area is 113 Å². The zero-order valence-corrected chi connectivity index (χ0v) is 11.2. The van der Waals surface area contributed by atoms with E-state index in [1.165, 1.54) is 11.1 Å². The number of nitrogens with zero attached hydrogens (tertiary/aromatic N) is 1. The lowest BCUT2D eigenvalue weighted by Crippen LogP contribution is -2.21. The van der Waals surface area contributed by atoms with Crippen LogP contribution in [0.4, 0.5) is 0 Å². The highest BCUT2D eigenvalue weighted by Gasteiger charge is 2.03. The number of rotatable bonds is 5. The lowest BCUT2D eigenvalue weighted by molar-refractivity contribution is 0.576. The predicted octanol–water partition coefficient (Wildman–Crippen LogP) is 3.63. The largest absolute Gasteiger partial charge is 0.310 e. The Morgan fingerprint density at radius 2 is 2.00 bits per heavy atom. The Kier molecular flexibility index (Phi) is 4.73. The Hall–Kier alpha value is -1.38. The minimum atomic E-state index is 0.332. The summed E-state index contributed by atoms with van der Waals surface area (Å²) in [4.78, 5) is 4.11. The Bertz CT molecular complexity index is 468. The molecule has 0 aliphatic heterocycles. The average Bonchev–Trinajstić information content (AvgIpc) is 2.40. The quantitative estimate of drug-likeness (QED) is 0.888. The molecule has 0 amide bonds. The van der Waals surface area contributed by atoms with Crippen LogP contribution in [0.5, 0.6) is 0 Å². The fraction of sp³-hybridized carbons (Fsp3) is 0.267. The van der Waals surface area contributed by atoms with E-state index in [1.807, 2.05) is 24.4 Å². The molecule has 0 bridgehead atoms. The monoisotopic (exact) mass is 260 g/mol. The van der Waals surface area contributed by atoms with Gasteiger partial charge in [-0.1, -0.05) is 29.8 Å². The molecule has 18 heavy (non-hydrogen) atoms. The number of hydrogen-bond acceptors (Lipinski definition) is 2. The van der Waals surface area contributed by atoms with Crippen LogP contribution in [0.1, 0.15) is 24.1 Å². The Morgan fingerprint density at radius 3 is 2.67 bits per heavy atom. The third kappa shape index (κ3) is 3.83. The number of nitrogens with one attached hydrogen (secondary N) is 1. The smallest absolute Gasteiger partial charge is 0.0406 e. The second-order valence-corrected chi connectivity index (χ2v) is 4.78. The molecule has 1 aromatic carbocycles. The summed E-state index contributed by atoms with van der Waals surface area (Å²) in [5.41, 5.74) is 2.51. The van der Waals surface area contributed by atoms with Crippen molar-refractivity contribution in [2.45, 2.75) is 19.4 Å². The van der Waals surface area contributed by atoms with Gasteiger partial charge in [-0.3, -0.25) is 4.98 Å². The Balaban J connectivity index is 1.81. The molecule has 0 saturated heterocycles. The normalized spacial score (nSPS) is 12.3. The van der Waals surface area contributed by atoms with Crippen molar-refractivity contribution < 1.29 is 0 Å². The molecule has 0 aliphatic rings.